The van der Waals surface area contributed by atoms with Crippen LogP contribution in [0.5, 0.6) is 11.5 Å². The van der Waals surface area contributed by atoms with E-state index >= 15 is 0 Å². The first-order chi connectivity index (χ1) is 13.1. The Morgan fingerprint density at radius 2 is 1.78 bits per heavy atom. The van der Waals surface area contributed by atoms with Crippen molar-refractivity contribution in [3.8, 4) is 22.9 Å². The van der Waals surface area contributed by atoms with Crippen molar-refractivity contribution in [3.05, 3.63) is 37.9 Å². The highest BCUT2D eigenvalue weighted by Crippen LogP contribution is 2.38. The summed E-state index contributed by atoms with van der Waals surface area (Å²) in [6, 6.07) is 3.42. The van der Waals surface area contributed by atoms with Gasteiger partial charge in [0.25, 0.3) is 5.56 Å². The van der Waals surface area contributed by atoms with Gasteiger partial charge in [-0.15, -0.1) is 11.3 Å². The van der Waals surface area contributed by atoms with Crippen LogP contribution in [0, 0.1) is 0 Å². The first-order valence-electron chi connectivity index (χ1n) is 9.09. The second-order valence-corrected chi connectivity index (χ2v) is 8.19. The van der Waals surface area contributed by atoms with Gasteiger partial charge in [0.15, 0.2) is 11.5 Å². The molecule has 0 aliphatic heterocycles. The number of benzene rings is 1. The van der Waals surface area contributed by atoms with Crippen molar-refractivity contribution in [3.63, 3.8) is 0 Å². The molecule has 5 nitrogen and oxygen atoms in total. The van der Waals surface area contributed by atoms with Crippen LogP contribution in [0.25, 0.3) is 21.6 Å². The number of thiophene rings is 1. The Bertz CT molecular complexity index is 1060. The van der Waals surface area contributed by atoms with Crippen LogP contribution < -0.4 is 15.0 Å². The van der Waals surface area contributed by atoms with E-state index in [1.54, 1.807) is 37.7 Å². The number of aromatic nitrogens is 2. The molecule has 7 heteroatoms. The molecule has 0 atom stereocenters. The van der Waals surface area contributed by atoms with Crippen molar-refractivity contribution in [1.29, 1.82) is 0 Å². The molecule has 0 saturated carbocycles. The maximum Gasteiger partial charge on any atom is 0.260 e. The zero-order chi connectivity index (χ0) is 19.0. The number of aromatic amines is 1. The maximum atomic E-state index is 12.9. The molecule has 27 heavy (non-hydrogen) atoms. The molecule has 142 valence electrons. The zero-order valence-corrected chi connectivity index (χ0v) is 16.9. The van der Waals surface area contributed by atoms with Gasteiger partial charge in [-0.25, -0.2) is 4.98 Å². The van der Waals surface area contributed by atoms with Crippen LogP contribution in [0.3, 0.4) is 0 Å². The Morgan fingerprint density at radius 3 is 2.52 bits per heavy atom. The summed E-state index contributed by atoms with van der Waals surface area (Å²) in [7, 11) is 3.12. The van der Waals surface area contributed by atoms with Gasteiger partial charge in [0.05, 0.1) is 24.6 Å². The van der Waals surface area contributed by atoms with Gasteiger partial charge in [0, 0.05) is 16.5 Å². The molecule has 0 saturated heterocycles. The normalized spacial score (nSPS) is 14.5. The molecule has 4 rings (SSSR count). The molecule has 1 N–H and O–H groups in total. The quantitative estimate of drug-likeness (QED) is 0.668. The lowest BCUT2D eigenvalue weighted by Crippen LogP contribution is -2.11. The summed E-state index contributed by atoms with van der Waals surface area (Å²) in [6.45, 7) is 0. The third kappa shape index (κ3) is 3.32. The Labute approximate surface area is 166 Å². The van der Waals surface area contributed by atoms with Crippen LogP contribution in [-0.2, 0) is 12.8 Å². The van der Waals surface area contributed by atoms with E-state index in [2.05, 4.69) is 4.98 Å². The van der Waals surface area contributed by atoms with Crippen molar-refractivity contribution in [2.75, 3.05) is 14.2 Å². The molecule has 2 aromatic heterocycles. The molecule has 1 aromatic carbocycles. The fourth-order valence-corrected chi connectivity index (χ4v) is 5.19. The molecular formula is C20H21ClN2O3S. The fourth-order valence-electron chi connectivity index (χ4n) is 3.68. The summed E-state index contributed by atoms with van der Waals surface area (Å²) in [5.74, 6) is 1.53. The Hall–Kier alpha value is -2.05. The molecule has 0 amide bonds. The Morgan fingerprint density at radius 1 is 1.07 bits per heavy atom. The van der Waals surface area contributed by atoms with E-state index in [9.17, 15) is 4.79 Å². The van der Waals surface area contributed by atoms with Gasteiger partial charge in [0.2, 0.25) is 0 Å². The lowest BCUT2D eigenvalue weighted by Gasteiger charge is -2.11. The van der Waals surface area contributed by atoms with Crippen LogP contribution in [0.4, 0.5) is 0 Å². The minimum Gasteiger partial charge on any atom is -0.493 e. The second-order valence-electron chi connectivity index (χ2n) is 6.70. The van der Waals surface area contributed by atoms with Gasteiger partial charge >= 0.3 is 0 Å². The van der Waals surface area contributed by atoms with Crippen molar-refractivity contribution in [2.45, 2.75) is 38.5 Å². The van der Waals surface area contributed by atoms with E-state index in [-0.39, 0.29) is 5.56 Å². The summed E-state index contributed by atoms with van der Waals surface area (Å²) in [4.78, 5) is 22.7. The van der Waals surface area contributed by atoms with Crippen LogP contribution >= 0.6 is 22.9 Å². The van der Waals surface area contributed by atoms with Gasteiger partial charge in [-0.3, -0.25) is 4.79 Å². The van der Waals surface area contributed by atoms with E-state index in [0.29, 0.717) is 27.9 Å². The summed E-state index contributed by atoms with van der Waals surface area (Å²) in [5.41, 5.74) is 1.71. The number of fused-ring (bicyclic) bond motifs is 3. The molecule has 2 heterocycles. The topological polar surface area (TPSA) is 64.2 Å². The van der Waals surface area contributed by atoms with Crippen molar-refractivity contribution >= 4 is 33.2 Å². The molecule has 1 aliphatic carbocycles. The van der Waals surface area contributed by atoms with Gasteiger partial charge in [-0.1, -0.05) is 24.4 Å². The number of methoxy groups -OCH3 is 2. The fraction of sp³-hybridized carbons (Fsp3) is 0.400. The van der Waals surface area contributed by atoms with E-state index in [0.717, 1.165) is 29.5 Å². The summed E-state index contributed by atoms with van der Waals surface area (Å²) >= 11 is 8.06. The van der Waals surface area contributed by atoms with E-state index < -0.39 is 0 Å². The van der Waals surface area contributed by atoms with Crippen molar-refractivity contribution in [2.24, 2.45) is 0 Å². The SMILES string of the molecule is COc1cc(Cl)c(-c2nc3sc4c(c3c(=O)[nH]2)CCCCCC4)cc1OC. The van der Waals surface area contributed by atoms with Crippen LogP contribution in [0.1, 0.15) is 36.1 Å². The predicted octanol–water partition coefficient (Wildman–Crippen LogP) is 4.98. The van der Waals surface area contributed by atoms with Crippen LogP contribution in [0.15, 0.2) is 16.9 Å². The molecule has 0 fully saturated rings. The number of ether oxygens (including phenoxy) is 2. The first kappa shape index (κ1) is 18.3. The summed E-state index contributed by atoms with van der Waals surface area (Å²) in [6.07, 6.45) is 6.76. The molecule has 0 spiro atoms. The molecule has 3 aromatic rings. The Kier molecular flexibility index (Phi) is 5.10. The van der Waals surface area contributed by atoms with Gasteiger partial charge in [-0.05, 0) is 37.3 Å². The number of nitrogens with one attached hydrogen (secondary N) is 1. The highest BCUT2D eigenvalue weighted by Gasteiger charge is 2.20. The van der Waals surface area contributed by atoms with Crippen molar-refractivity contribution in [1.82, 2.24) is 9.97 Å². The minimum atomic E-state index is -0.0982. The number of hydrogen-bond donors (Lipinski definition) is 1. The number of H-pyrrole nitrogens is 1. The molecular weight excluding hydrogens is 384 g/mol. The summed E-state index contributed by atoms with van der Waals surface area (Å²) < 4.78 is 10.6. The Balaban J connectivity index is 1.88. The number of rotatable bonds is 3. The second kappa shape index (κ2) is 7.52. The third-order valence-electron chi connectivity index (χ3n) is 5.05. The molecule has 0 radical (unpaired) electrons. The van der Waals surface area contributed by atoms with Gasteiger partial charge in [-0.2, -0.15) is 0 Å². The first-order valence-corrected chi connectivity index (χ1v) is 10.3. The lowest BCUT2D eigenvalue weighted by molar-refractivity contribution is 0.355. The third-order valence-corrected chi connectivity index (χ3v) is 6.55. The average molecular weight is 405 g/mol. The maximum absolute atomic E-state index is 12.9. The highest BCUT2D eigenvalue weighted by atomic mass is 35.5. The van der Waals surface area contributed by atoms with E-state index in [1.165, 1.54) is 29.7 Å². The molecule has 0 bridgehead atoms. The standard InChI is InChI=1S/C20H21ClN2O3S/c1-25-14-9-12(13(21)10-15(14)26-2)18-22-19(24)17-11-7-5-3-4-6-8-16(11)27-20(17)23-18/h9-10H,3-8H2,1-2H3,(H,22,23,24). The monoisotopic (exact) mass is 404 g/mol. The summed E-state index contributed by atoms with van der Waals surface area (Å²) in [5, 5.41) is 1.20. The highest BCUT2D eigenvalue weighted by molar-refractivity contribution is 7.18. The largest absolute Gasteiger partial charge is 0.493 e. The number of aryl methyl sites for hydroxylation is 2. The van der Waals surface area contributed by atoms with Gasteiger partial charge < -0.3 is 14.5 Å². The number of hydrogen-bond acceptors (Lipinski definition) is 5. The predicted molar refractivity (Wildman–Crippen MR) is 110 cm³/mol. The van der Waals surface area contributed by atoms with Crippen LogP contribution in [-0.4, -0.2) is 24.2 Å². The van der Waals surface area contributed by atoms with E-state index in [1.807, 2.05) is 0 Å². The van der Waals surface area contributed by atoms with Gasteiger partial charge in [0.1, 0.15) is 10.7 Å². The zero-order valence-electron chi connectivity index (χ0n) is 15.4. The number of nitrogens with zero attached hydrogens (tertiary/aromatic N) is 1. The number of halogens is 1. The molecule has 1 aliphatic rings. The van der Waals surface area contributed by atoms with Crippen LogP contribution in [0.2, 0.25) is 5.02 Å². The molecule has 0 unspecified atom stereocenters. The lowest BCUT2D eigenvalue weighted by atomic mass is 9.98. The smallest absolute Gasteiger partial charge is 0.260 e. The van der Waals surface area contributed by atoms with Crippen molar-refractivity contribution < 1.29 is 9.47 Å². The average Bonchev–Trinajstić information content (AvgIpc) is 2.98. The minimum absolute atomic E-state index is 0.0982. The van der Waals surface area contributed by atoms with E-state index in [4.69, 9.17) is 26.1 Å².